The van der Waals surface area contributed by atoms with E-state index in [0.717, 1.165) is 0 Å². The number of carbonyl (C=O) groups excluding carboxylic acids is 2. The standard InChI is InChI=1S/C17H27NO6/c1-12(8-6-7-9-15(19)20)13(2)17(23)24-14(10-16(21)22)11-18(3,4)5/h14H,1-2,6-11H2,3-5H3,(H-,19,20,21,22). The van der Waals surface area contributed by atoms with Gasteiger partial charge < -0.3 is 24.2 Å². The molecule has 0 aromatic rings. The van der Waals surface area contributed by atoms with Crippen LogP contribution in [0.4, 0.5) is 0 Å². The first-order valence-electron chi connectivity index (χ1n) is 7.72. The molecule has 0 heterocycles. The number of carboxylic acid groups (broad SMARTS) is 2. The number of unbranched alkanes of at least 4 members (excludes halogenated alkanes) is 1. The van der Waals surface area contributed by atoms with Crippen molar-refractivity contribution < 1.29 is 33.8 Å². The normalized spacial score (nSPS) is 12.3. The number of carbonyl (C=O) groups is 3. The number of ether oxygens (including phenoxy) is 1. The highest BCUT2D eigenvalue weighted by Crippen LogP contribution is 2.17. The van der Waals surface area contributed by atoms with Gasteiger partial charge in [0.05, 0.1) is 26.7 Å². The van der Waals surface area contributed by atoms with Gasteiger partial charge in [0.2, 0.25) is 0 Å². The summed E-state index contributed by atoms with van der Waals surface area (Å²) in [7, 11) is 5.56. The summed E-state index contributed by atoms with van der Waals surface area (Å²) in [5, 5.41) is 19.4. The van der Waals surface area contributed by atoms with Gasteiger partial charge in [-0.05, 0) is 24.8 Å². The topological polar surface area (TPSA) is 104 Å². The van der Waals surface area contributed by atoms with E-state index in [1.807, 2.05) is 21.1 Å². The molecule has 0 aromatic heterocycles. The number of aliphatic carboxylic acids is 2. The van der Waals surface area contributed by atoms with Crippen molar-refractivity contribution in [2.45, 2.75) is 38.2 Å². The predicted molar refractivity (Wildman–Crippen MR) is 86.8 cm³/mol. The summed E-state index contributed by atoms with van der Waals surface area (Å²) in [6, 6.07) is 0. The van der Waals surface area contributed by atoms with E-state index < -0.39 is 24.0 Å². The Hall–Kier alpha value is -2.15. The van der Waals surface area contributed by atoms with Crippen LogP contribution in [0.1, 0.15) is 32.1 Å². The molecule has 0 fully saturated rings. The SMILES string of the molecule is C=C(CCCCC(=O)O)C(=C)C(=O)OC(CC(=O)[O-])C[N+](C)(C)C. The Morgan fingerprint density at radius 2 is 1.67 bits per heavy atom. The van der Waals surface area contributed by atoms with Crippen LogP contribution in [0.3, 0.4) is 0 Å². The quantitative estimate of drug-likeness (QED) is 0.182. The average molecular weight is 341 g/mol. The summed E-state index contributed by atoms with van der Waals surface area (Å²) in [4.78, 5) is 33.4. The first-order chi connectivity index (χ1) is 10.9. The highest BCUT2D eigenvalue weighted by Gasteiger charge is 2.24. The van der Waals surface area contributed by atoms with Crippen LogP contribution in [0.25, 0.3) is 0 Å². The van der Waals surface area contributed by atoms with E-state index in [4.69, 9.17) is 9.84 Å². The number of nitrogens with zero attached hydrogens (tertiary/aromatic N) is 1. The van der Waals surface area contributed by atoms with Gasteiger partial charge in [0.25, 0.3) is 0 Å². The van der Waals surface area contributed by atoms with Crippen molar-refractivity contribution in [1.82, 2.24) is 0 Å². The first kappa shape index (κ1) is 21.9. The average Bonchev–Trinajstić information content (AvgIpc) is 2.39. The number of rotatable bonds is 12. The summed E-state index contributed by atoms with van der Waals surface area (Å²) in [6.07, 6.45) is 0.326. The van der Waals surface area contributed by atoms with E-state index in [9.17, 15) is 19.5 Å². The molecular formula is C17H27NO6. The smallest absolute Gasteiger partial charge is 0.338 e. The van der Waals surface area contributed by atoms with Gasteiger partial charge in [-0.1, -0.05) is 13.2 Å². The van der Waals surface area contributed by atoms with Gasteiger partial charge in [-0.15, -0.1) is 0 Å². The number of quaternary nitrogens is 1. The molecule has 0 saturated heterocycles. The number of carboxylic acids is 2. The third kappa shape index (κ3) is 10.6. The van der Waals surface area contributed by atoms with E-state index in [1.54, 1.807) is 0 Å². The van der Waals surface area contributed by atoms with Crippen molar-refractivity contribution >= 4 is 17.9 Å². The predicted octanol–water partition coefficient (Wildman–Crippen LogP) is 0.502. The molecule has 0 saturated carbocycles. The van der Waals surface area contributed by atoms with Crippen molar-refractivity contribution in [3.05, 3.63) is 24.3 Å². The molecule has 0 aromatic carbocycles. The molecular weight excluding hydrogens is 314 g/mol. The molecule has 0 rings (SSSR count). The van der Waals surface area contributed by atoms with Crippen molar-refractivity contribution in [3.8, 4) is 0 Å². The van der Waals surface area contributed by atoms with E-state index in [2.05, 4.69) is 13.2 Å². The van der Waals surface area contributed by atoms with Crippen molar-refractivity contribution in [2.24, 2.45) is 0 Å². The minimum atomic E-state index is -1.29. The van der Waals surface area contributed by atoms with Crippen molar-refractivity contribution in [3.63, 3.8) is 0 Å². The van der Waals surface area contributed by atoms with E-state index in [-0.39, 0.29) is 18.4 Å². The van der Waals surface area contributed by atoms with Gasteiger partial charge in [-0.25, -0.2) is 4.79 Å². The molecule has 0 amide bonds. The maximum absolute atomic E-state index is 12.1. The lowest BCUT2D eigenvalue weighted by molar-refractivity contribution is -0.873. The minimum Gasteiger partial charge on any atom is -0.550 e. The summed E-state index contributed by atoms with van der Waals surface area (Å²) < 4.78 is 5.66. The number of hydrogen-bond acceptors (Lipinski definition) is 5. The van der Waals surface area contributed by atoms with Gasteiger partial charge in [-0.2, -0.15) is 0 Å². The molecule has 0 aliphatic heterocycles. The Bertz CT molecular complexity index is 504. The summed E-state index contributed by atoms with van der Waals surface area (Å²) in [6.45, 7) is 7.71. The van der Waals surface area contributed by atoms with Crippen LogP contribution in [0.2, 0.25) is 0 Å². The minimum absolute atomic E-state index is 0.0569. The molecule has 1 unspecified atom stereocenters. The molecule has 136 valence electrons. The highest BCUT2D eigenvalue weighted by atomic mass is 16.5. The van der Waals surface area contributed by atoms with Crippen molar-refractivity contribution in [1.29, 1.82) is 0 Å². The van der Waals surface area contributed by atoms with Crippen LogP contribution in [0.15, 0.2) is 24.3 Å². The third-order valence-electron chi connectivity index (χ3n) is 3.21. The van der Waals surface area contributed by atoms with Gasteiger partial charge in [0.1, 0.15) is 6.54 Å². The molecule has 1 atom stereocenters. The van der Waals surface area contributed by atoms with Crippen LogP contribution in [-0.4, -0.2) is 61.3 Å². The summed E-state index contributed by atoms with van der Waals surface area (Å²) in [5.74, 6) is -2.87. The van der Waals surface area contributed by atoms with Crippen LogP contribution in [-0.2, 0) is 19.1 Å². The van der Waals surface area contributed by atoms with Crippen LogP contribution >= 0.6 is 0 Å². The lowest BCUT2D eigenvalue weighted by Gasteiger charge is -2.29. The fraction of sp³-hybridized carbons (Fsp3) is 0.588. The molecule has 0 aliphatic carbocycles. The fourth-order valence-corrected chi connectivity index (χ4v) is 2.07. The molecule has 1 N–H and O–H groups in total. The number of likely N-dealkylation sites (N-methyl/N-ethyl adjacent to an activating group) is 1. The Morgan fingerprint density at radius 3 is 2.12 bits per heavy atom. The molecule has 7 heteroatoms. The third-order valence-corrected chi connectivity index (χ3v) is 3.21. The molecule has 0 bridgehead atoms. The highest BCUT2D eigenvalue weighted by molar-refractivity contribution is 5.92. The summed E-state index contributed by atoms with van der Waals surface area (Å²) >= 11 is 0. The molecule has 0 spiro atoms. The van der Waals surface area contributed by atoms with E-state index in [1.165, 1.54) is 0 Å². The van der Waals surface area contributed by atoms with Gasteiger partial charge in [0, 0.05) is 18.8 Å². The van der Waals surface area contributed by atoms with Crippen LogP contribution < -0.4 is 5.11 Å². The van der Waals surface area contributed by atoms with Crippen molar-refractivity contribution in [2.75, 3.05) is 27.7 Å². The van der Waals surface area contributed by atoms with Gasteiger partial charge in [0.15, 0.2) is 6.10 Å². The van der Waals surface area contributed by atoms with Gasteiger partial charge >= 0.3 is 11.9 Å². The van der Waals surface area contributed by atoms with Crippen LogP contribution in [0, 0.1) is 0 Å². The number of hydrogen-bond donors (Lipinski definition) is 1. The Balaban J connectivity index is 4.56. The monoisotopic (exact) mass is 341 g/mol. The van der Waals surface area contributed by atoms with Gasteiger partial charge in [-0.3, -0.25) is 4.79 Å². The zero-order valence-corrected chi connectivity index (χ0v) is 14.7. The molecule has 0 aliphatic rings. The summed E-state index contributed by atoms with van der Waals surface area (Å²) in [5.41, 5.74) is 0.540. The lowest BCUT2D eigenvalue weighted by atomic mass is 10.0. The lowest BCUT2D eigenvalue weighted by Crippen LogP contribution is -2.45. The first-order valence-corrected chi connectivity index (χ1v) is 7.72. The second-order valence-electron chi connectivity index (χ2n) is 6.76. The Labute approximate surface area is 142 Å². The zero-order chi connectivity index (χ0) is 18.9. The Kier molecular flexibility index (Phi) is 8.99. The van der Waals surface area contributed by atoms with Crippen LogP contribution in [0.5, 0.6) is 0 Å². The van der Waals surface area contributed by atoms with E-state index >= 15 is 0 Å². The molecule has 24 heavy (non-hydrogen) atoms. The molecule has 0 radical (unpaired) electrons. The fourth-order valence-electron chi connectivity index (χ4n) is 2.07. The maximum Gasteiger partial charge on any atom is 0.338 e. The Morgan fingerprint density at radius 1 is 1.12 bits per heavy atom. The molecule has 7 nitrogen and oxygen atoms in total. The maximum atomic E-state index is 12.1. The largest absolute Gasteiger partial charge is 0.550 e. The number of esters is 1. The zero-order valence-electron chi connectivity index (χ0n) is 14.7. The second-order valence-corrected chi connectivity index (χ2v) is 6.76. The van der Waals surface area contributed by atoms with E-state index in [0.29, 0.717) is 35.9 Å². The second kappa shape index (κ2) is 9.87.